The van der Waals surface area contributed by atoms with E-state index in [0.29, 0.717) is 12.8 Å². The van der Waals surface area contributed by atoms with Crippen LogP contribution in [0.15, 0.2) is 39.9 Å². The molecule has 112 valence electrons. The van der Waals surface area contributed by atoms with Gasteiger partial charge in [-0.15, -0.1) is 0 Å². The number of nitrogens with one attached hydrogen (secondary N) is 1. The molecule has 0 spiro atoms. The zero-order chi connectivity index (χ0) is 15.6. The third-order valence-electron chi connectivity index (χ3n) is 3.48. The van der Waals surface area contributed by atoms with Crippen LogP contribution in [0.4, 0.5) is 4.39 Å². The number of halogens is 2. The Morgan fingerprint density at radius 2 is 1.86 bits per heavy atom. The minimum atomic E-state index is -1.14. The topological polar surface area (TPSA) is 54.9 Å². The lowest BCUT2D eigenvalue weighted by molar-refractivity contribution is 0.297. The van der Waals surface area contributed by atoms with Gasteiger partial charge in [0, 0.05) is 5.54 Å². The molecule has 1 N–H and O–H groups in total. The fourth-order valence-corrected chi connectivity index (χ4v) is 2.41. The molecule has 21 heavy (non-hydrogen) atoms. The van der Waals surface area contributed by atoms with Gasteiger partial charge in [0.15, 0.2) is 5.15 Å². The standard InChI is InChI=1S/C15H16ClFN2O2/c1-15(2,9-8-10-6-4-3-5-7-10)19-13(20)11(17)12(16)18-14(19)21/h3-7H,8-9H2,1-2H3,(H,18,21). The predicted molar refractivity (Wildman–Crippen MR) is 80.4 cm³/mol. The van der Waals surface area contributed by atoms with E-state index in [1.807, 2.05) is 30.3 Å². The van der Waals surface area contributed by atoms with Crippen LogP contribution in [-0.4, -0.2) is 9.55 Å². The quantitative estimate of drug-likeness (QED) is 0.883. The van der Waals surface area contributed by atoms with Crippen molar-refractivity contribution < 1.29 is 4.39 Å². The van der Waals surface area contributed by atoms with Gasteiger partial charge in [-0.1, -0.05) is 41.9 Å². The van der Waals surface area contributed by atoms with Crippen LogP contribution < -0.4 is 11.2 Å². The molecule has 1 aromatic heterocycles. The van der Waals surface area contributed by atoms with Gasteiger partial charge in [0.1, 0.15) is 0 Å². The molecule has 0 aliphatic heterocycles. The molecule has 0 aliphatic rings. The van der Waals surface area contributed by atoms with Gasteiger partial charge in [-0.2, -0.15) is 4.39 Å². The molecule has 0 fully saturated rings. The Balaban J connectivity index is 2.34. The highest BCUT2D eigenvalue weighted by atomic mass is 35.5. The van der Waals surface area contributed by atoms with E-state index in [0.717, 1.165) is 10.1 Å². The van der Waals surface area contributed by atoms with E-state index in [-0.39, 0.29) is 0 Å². The molecule has 0 unspecified atom stereocenters. The number of nitrogens with zero attached hydrogens (tertiary/aromatic N) is 1. The smallest absolute Gasteiger partial charge is 0.295 e. The van der Waals surface area contributed by atoms with Gasteiger partial charge in [-0.05, 0) is 32.3 Å². The Hall–Kier alpha value is -1.88. The number of hydrogen-bond acceptors (Lipinski definition) is 2. The molecule has 0 saturated carbocycles. The molecule has 0 radical (unpaired) electrons. The third-order valence-corrected chi connectivity index (χ3v) is 3.74. The fraction of sp³-hybridized carbons (Fsp3) is 0.333. The van der Waals surface area contributed by atoms with Crippen molar-refractivity contribution in [3.05, 3.63) is 67.7 Å². The van der Waals surface area contributed by atoms with Gasteiger partial charge < -0.3 is 0 Å². The molecule has 2 rings (SSSR count). The Labute approximate surface area is 126 Å². The molecular weight excluding hydrogens is 295 g/mol. The molecular formula is C15H16ClFN2O2. The van der Waals surface area contributed by atoms with Crippen LogP contribution in [0, 0.1) is 5.82 Å². The molecule has 1 aromatic carbocycles. The van der Waals surface area contributed by atoms with Gasteiger partial charge in [0.25, 0.3) is 5.56 Å². The first-order valence-electron chi connectivity index (χ1n) is 6.57. The zero-order valence-electron chi connectivity index (χ0n) is 11.8. The van der Waals surface area contributed by atoms with Crippen LogP contribution in [0.2, 0.25) is 5.15 Å². The summed E-state index contributed by atoms with van der Waals surface area (Å²) in [6, 6.07) is 9.68. The highest BCUT2D eigenvalue weighted by molar-refractivity contribution is 6.29. The summed E-state index contributed by atoms with van der Waals surface area (Å²) < 4.78 is 14.5. The monoisotopic (exact) mass is 310 g/mol. The minimum Gasteiger partial charge on any atom is -0.295 e. The fourth-order valence-electron chi connectivity index (χ4n) is 2.25. The summed E-state index contributed by atoms with van der Waals surface area (Å²) in [5, 5.41) is -0.555. The number of aromatic nitrogens is 2. The summed E-state index contributed by atoms with van der Waals surface area (Å²) in [4.78, 5) is 26.0. The van der Waals surface area contributed by atoms with Crippen LogP contribution in [0.1, 0.15) is 25.8 Å². The highest BCUT2D eigenvalue weighted by Crippen LogP contribution is 2.19. The summed E-state index contributed by atoms with van der Waals surface area (Å²) in [5.74, 6) is -1.14. The lowest BCUT2D eigenvalue weighted by Gasteiger charge is -2.26. The normalized spacial score (nSPS) is 11.6. The van der Waals surface area contributed by atoms with Gasteiger partial charge in [0.2, 0.25) is 5.82 Å². The SMILES string of the molecule is CC(C)(CCc1ccccc1)n1c(=O)[nH]c(Cl)c(F)c1=O. The first kappa shape index (κ1) is 15.5. The van der Waals surface area contributed by atoms with Crippen LogP contribution in [-0.2, 0) is 12.0 Å². The van der Waals surface area contributed by atoms with Crippen molar-refractivity contribution in [2.24, 2.45) is 0 Å². The van der Waals surface area contributed by atoms with Crippen molar-refractivity contribution in [3.63, 3.8) is 0 Å². The van der Waals surface area contributed by atoms with E-state index in [1.54, 1.807) is 13.8 Å². The molecule has 0 saturated heterocycles. The lowest BCUT2D eigenvalue weighted by atomic mass is 9.95. The summed E-state index contributed by atoms with van der Waals surface area (Å²) >= 11 is 5.47. The van der Waals surface area contributed by atoms with Gasteiger partial charge >= 0.3 is 5.69 Å². The Morgan fingerprint density at radius 1 is 1.24 bits per heavy atom. The lowest BCUT2D eigenvalue weighted by Crippen LogP contribution is -2.47. The zero-order valence-corrected chi connectivity index (χ0v) is 12.6. The molecule has 0 atom stereocenters. The van der Waals surface area contributed by atoms with Gasteiger partial charge in [-0.25, -0.2) is 4.79 Å². The molecule has 0 aliphatic carbocycles. The number of hydrogen-bond donors (Lipinski definition) is 1. The number of rotatable bonds is 4. The van der Waals surface area contributed by atoms with Crippen LogP contribution in [0.25, 0.3) is 0 Å². The largest absolute Gasteiger partial charge is 0.330 e. The first-order valence-corrected chi connectivity index (χ1v) is 6.95. The van der Waals surface area contributed by atoms with E-state index >= 15 is 0 Å². The average Bonchev–Trinajstić information content (AvgIpc) is 2.44. The second-order valence-corrected chi connectivity index (χ2v) is 5.87. The summed E-state index contributed by atoms with van der Waals surface area (Å²) in [5.41, 5.74) is -1.44. The van der Waals surface area contributed by atoms with Gasteiger partial charge in [0.05, 0.1) is 0 Å². The second-order valence-electron chi connectivity index (χ2n) is 5.50. The Bertz CT molecular complexity index is 751. The van der Waals surface area contributed by atoms with Gasteiger partial charge in [-0.3, -0.25) is 14.3 Å². The van der Waals surface area contributed by atoms with E-state index in [2.05, 4.69) is 4.98 Å². The summed E-state index contributed by atoms with van der Waals surface area (Å²) in [6.45, 7) is 3.44. The van der Waals surface area contributed by atoms with Crippen molar-refractivity contribution in [1.82, 2.24) is 9.55 Å². The van der Waals surface area contributed by atoms with E-state index < -0.39 is 27.8 Å². The number of aryl methyl sites for hydroxylation is 1. The number of aromatic amines is 1. The molecule has 2 aromatic rings. The van der Waals surface area contributed by atoms with Crippen molar-refractivity contribution in [2.75, 3.05) is 0 Å². The third kappa shape index (κ3) is 3.24. The Morgan fingerprint density at radius 3 is 2.48 bits per heavy atom. The maximum absolute atomic E-state index is 13.6. The molecule has 1 heterocycles. The van der Waals surface area contributed by atoms with Crippen molar-refractivity contribution >= 4 is 11.6 Å². The van der Waals surface area contributed by atoms with Crippen LogP contribution in [0.5, 0.6) is 0 Å². The van der Waals surface area contributed by atoms with E-state index in [1.165, 1.54) is 0 Å². The van der Waals surface area contributed by atoms with Crippen LogP contribution >= 0.6 is 11.6 Å². The molecule has 0 bridgehead atoms. The van der Waals surface area contributed by atoms with E-state index in [9.17, 15) is 14.0 Å². The number of H-pyrrole nitrogens is 1. The first-order chi connectivity index (χ1) is 9.83. The second kappa shape index (κ2) is 5.85. The Kier molecular flexibility index (Phi) is 4.32. The summed E-state index contributed by atoms with van der Waals surface area (Å²) in [6.07, 6.45) is 1.19. The summed E-state index contributed by atoms with van der Waals surface area (Å²) in [7, 11) is 0. The maximum atomic E-state index is 13.6. The highest BCUT2D eigenvalue weighted by Gasteiger charge is 2.26. The molecule has 4 nitrogen and oxygen atoms in total. The predicted octanol–water partition coefficient (Wildman–Crippen LogP) is 2.70. The molecule has 0 amide bonds. The maximum Gasteiger partial charge on any atom is 0.330 e. The van der Waals surface area contributed by atoms with Crippen molar-refractivity contribution in [3.8, 4) is 0 Å². The average molecular weight is 311 g/mol. The molecule has 6 heteroatoms. The number of benzene rings is 1. The van der Waals surface area contributed by atoms with E-state index in [4.69, 9.17) is 11.6 Å². The van der Waals surface area contributed by atoms with Crippen molar-refractivity contribution in [1.29, 1.82) is 0 Å². The minimum absolute atomic E-state index is 0.515. The van der Waals surface area contributed by atoms with Crippen molar-refractivity contribution in [2.45, 2.75) is 32.2 Å². The van der Waals surface area contributed by atoms with Crippen LogP contribution in [0.3, 0.4) is 0 Å².